The van der Waals surface area contributed by atoms with Crippen molar-refractivity contribution in [2.45, 2.75) is 13.3 Å². The molecule has 86 valence electrons. The lowest BCUT2D eigenvalue weighted by Crippen LogP contribution is -2.29. The number of carbonyl (C=O) groups excluding carboxylic acids is 1. The van der Waals surface area contributed by atoms with Crippen LogP contribution in [-0.4, -0.2) is 40.5 Å². The predicted molar refractivity (Wildman–Crippen MR) is 58.2 cm³/mol. The van der Waals surface area contributed by atoms with E-state index >= 15 is 0 Å². The minimum absolute atomic E-state index is 0.0493. The van der Waals surface area contributed by atoms with Crippen LogP contribution in [0.4, 0.5) is 0 Å². The molecule has 0 radical (unpaired) electrons. The van der Waals surface area contributed by atoms with Gasteiger partial charge < -0.3 is 10.0 Å². The van der Waals surface area contributed by atoms with Gasteiger partial charge in [0.2, 0.25) is 0 Å². The van der Waals surface area contributed by atoms with E-state index in [1.165, 1.54) is 4.90 Å². The zero-order chi connectivity index (χ0) is 12.1. The van der Waals surface area contributed by atoms with Crippen LogP contribution in [0.3, 0.4) is 0 Å². The molecule has 0 aliphatic rings. The van der Waals surface area contributed by atoms with Crippen LogP contribution in [0.25, 0.3) is 0 Å². The molecule has 1 amide bonds. The molecule has 5 nitrogen and oxygen atoms in total. The number of carboxylic acid groups (broad SMARTS) is 1. The Hall–Kier alpha value is -1.91. The molecule has 0 spiro atoms. The molecule has 1 N–H and O–H groups in total. The number of pyridine rings is 1. The van der Waals surface area contributed by atoms with Crippen molar-refractivity contribution in [1.82, 2.24) is 9.88 Å². The Morgan fingerprint density at radius 2 is 2.19 bits per heavy atom. The van der Waals surface area contributed by atoms with Crippen LogP contribution in [0, 0.1) is 6.92 Å². The molecule has 0 aromatic carbocycles. The van der Waals surface area contributed by atoms with Crippen molar-refractivity contribution in [2.75, 3.05) is 13.6 Å². The first-order valence-corrected chi connectivity index (χ1v) is 4.90. The highest BCUT2D eigenvalue weighted by Crippen LogP contribution is 2.04. The minimum atomic E-state index is -0.912. The second kappa shape index (κ2) is 5.25. The van der Waals surface area contributed by atoms with Gasteiger partial charge in [-0.2, -0.15) is 0 Å². The van der Waals surface area contributed by atoms with Gasteiger partial charge in [0.1, 0.15) is 0 Å². The van der Waals surface area contributed by atoms with Crippen molar-refractivity contribution < 1.29 is 14.7 Å². The van der Waals surface area contributed by atoms with Gasteiger partial charge >= 0.3 is 5.97 Å². The molecule has 0 aliphatic carbocycles. The lowest BCUT2D eigenvalue weighted by molar-refractivity contribution is -0.137. The second-order valence-corrected chi connectivity index (χ2v) is 3.56. The van der Waals surface area contributed by atoms with Gasteiger partial charge in [-0.1, -0.05) is 0 Å². The molecule has 1 rings (SSSR count). The summed E-state index contributed by atoms with van der Waals surface area (Å²) in [4.78, 5) is 27.6. The smallest absolute Gasteiger partial charge is 0.305 e. The number of aliphatic carboxylic acids is 1. The Morgan fingerprint density at radius 1 is 1.50 bits per heavy atom. The Labute approximate surface area is 93.7 Å². The van der Waals surface area contributed by atoms with Crippen molar-refractivity contribution >= 4 is 11.9 Å². The average Bonchev–Trinajstić information content (AvgIpc) is 2.24. The molecule has 0 saturated carbocycles. The standard InChI is InChI=1S/C11H14N2O3/c1-8-7-9(3-5-12-8)11(16)13(2)6-4-10(14)15/h3,5,7H,4,6H2,1-2H3,(H,14,15). The molecule has 0 unspecified atom stereocenters. The Bertz CT molecular complexity index is 404. The number of aromatic nitrogens is 1. The maximum absolute atomic E-state index is 11.8. The third kappa shape index (κ3) is 3.34. The van der Waals surface area contributed by atoms with Crippen LogP contribution in [0.2, 0.25) is 0 Å². The summed E-state index contributed by atoms with van der Waals surface area (Å²) in [5, 5.41) is 8.51. The van der Waals surface area contributed by atoms with Gasteiger partial charge in [-0.05, 0) is 19.1 Å². The van der Waals surface area contributed by atoms with Gasteiger partial charge in [-0.15, -0.1) is 0 Å². The highest BCUT2D eigenvalue weighted by Gasteiger charge is 2.12. The van der Waals surface area contributed by atoms with Crippen molar-refractivity contribution in [1.29, 1.82) is 0 Å². The van der Waals surface area contributed by atoms with Crippen LogP contribution in [0.5, 0.6) is 0 Å². The van der Waals surface area contributed by atoms with E-state index in [4.69, 9.17) is 5.11 Å². The van der Waals surface area contributed by atoms with Crippen LogP contribution < -0.4 is 0 Å². The molecule has 1 aromatic heterocycles. The average molecular weight is 222 g/mol. The van der Waals surface area contributed by atoms with E-state index in [2.05, 4.69) is 4.98 Å². The van der Waals surface area contributed by atoms with Gasteiger partial charge in [-0.3, -0.25) is 14.6 Å². The number of rotatable bonds is 4. The first-order chi connectivity index (χ1) is 7.50. The van der Waals surface area contributed by atoms with Crippen LogP contribution in [-0.2, 0) is 4.79 Å². The van der Waals surface area contributed by atoms with Gasteiger partial charge in [0, 0.05) is 31.0 Å². The quantitative estimate of drug-likeness (QED) is 0.822. The maximum Gasteiger partial charge on any atom is 0.305 e. The topological polar surface area (TPSA) is 70.5 Å². The van der Waals surface area contributed by atoms with Gasteiger partial charge in [-0.25, -0.2) is 0 Å². The zero-order valence-corrected chi connectivity index (χ0v) is 9.30. The number of amides is 1. The summed E-state index contributed by atoms with van der Waals surface area (Å²) in [5.41, 5.74) is 1.29. The molecule has 16 heavy (non-hydrogen) atoms. The normalized spacial score (nSPS) is 9.88. The number of carboxylic acids is 1. The summed E-state index contributed by atoms with van der Waals surface area (Å²) in [6.07, 6.45) is 1.51. The lowest BCUT2D eigenvalue weighted by atomic mass is 10.2. The third-order valence-corrected chi connectivity index (χ3v) is 2.15. The van der Waals surface area contributed by atoms with Gasteiger partial charge in [0.05, 0.1) is 6.42 Å². The summed E-state index contributed by atoms with van der Waals surface area (Å²) in [6.45, 7) is 2.00. The lowest BCUT2D eigenvalue weighted by Gasteiger charge is -2.15. The van der Waals surface area contributed by atoms with Crippen molar-refractivity contribution in [3.63, 3.8) is 0 Å². The fraction of sp³-hybridized carbons (Fsp3) is 0.364. The van der Waals surface area contributed by atoms with Crippen LogP contribution in [0.1, 0.15) is 22.5 Å². The molecular weight excluding hydrogens is 208 g/mol. The predicted octanol–water partition coefficient (Wildman–Crippen LogP) is 0.937. The largest absolute Gasteiger partial charge is 0.481 e. The first kappa shape index (κ1) is 12.2. The summed E-state index contributed by atoms with van der Waals surface area (Å²) in [6, 6.07) is 3.30. The fourth-order valence-corrected chi connectivity index (χ4v) is 1.26. The number of nitrogens with zero attached hydrogens (tertiary/aromatic N) is 2. The number of aryl methyl sites for hydroxylation is 1. The molecule has 1 aromatic rings. The summed E-state index contributed by atoms with van der Waals surface area (Å²) < 4.78 is 0. The Kier molecular flexibility index (Phi) is 3.99. The Morgan fingerprint density at radius 3 is 2.75 bits per heavy atom. The van der Waals surface area contributed by atoms with E-state index in [0.717, 1.165) is 5.69 Å². The van der Waals surface area contributed by atoms with Crippen molar-refractivity contribution in [2.24, 2.45) is 0 Å². The highest BCUT2D eigenvalue weighted by molar-refractivity contribution is 5.94. The highest BCUT2D eigenvalue weighted by atomic mass is 16.4. The van der Waals surface area contributed by atoms with E-state index in [1.54, 1.807) is 32.3 Å². The molecule has 0 aliphatic heterocycles. The van der Waals surface area contributed by atoms with Gasteiger partial charge in [0.15, 0.2) is 0 Å². The Balaban J connectivity index is 2.67. The van der Waals surface area contributed by atoms with Crippen LogP contribution in [0.15, 0.2) is 18.3 Å². The molecule has 0 fully saturated rings. The molecule has 0 saturated heterocycles. The maximum atomic E-state index is 11.8. The summed E-state index contributed by atoms with van der Waals surface area (Å²) in [5.74, 6) is -1.10. The number of hydrogen-bond acceptors (Lipinski definition) is 3. The second-order valence-electron chi connectivity index (χ2n) is 3.56. The fourth-order valence-electron chi connectivity index (χ4n) is 1.26. The first-order valence-electron chi connectivity index (χ1n) is 4.90. The minimum Gasteiger partial charge on any atom is -0.481 e. The number of carbonyl (C=O) groups is 2. The van der Waals surface area contributed by atoms with E-state index in [1.807, 2.05) is 0 Å². The molecule has 5 heteroatoms. The molecule has 0 atom stereocenters. The van der Waals surface area contributed by atoms with E-state index < -0.39 is 5.97 Å². The third-order valence-electron chi connectivity index (χ3n) is 2.15. The van der Waals surface area contributed by atoms with Crippen molar-refractivity contribution in [3.8, 4) is 0 Å². The van der Waals surface area contributed by atoms with E-state index in [-0.39, 0.29) is 18.9 Å². The molecular formula is C11H14N2O3. The van der Waals surface area contributed by atoms with Crippen LogP contribution >= 0.6 is 0 Å². The monoisotopic (exact) mass is 222 g/mol. The SMILES string of the molecule is Cc1cc(C(=O)N(C)CCC(=O)O)ccn1. The zero-order valence-electron chi connectivity index (χ0n) is 9.30. The summed E-state index contributed by atoms with van der Waals surface area (Å²) in [7, 11) is 1.58. The van der Waals surface area contributed by atoms with Crippen molar-refractivity contribution in [3.05, 3.63) is 29.6 Å². The van der Waals surface area contributed by atoms with E-state index in [9.17, 15) is 9.59 Å². The van der Waals surface area contributed by atoms with E-state index in [0.29, 0.717) is 5.56 Å². The molecule has 0 bridgehead atoms. The molecule has 1 heterocycles. The van der Waals surface area contributed by atoms with Gasteiger partial charge in [0.25, 0.3) is 5.91 Å². The number of hydrogen-bond donors (Lipinski definition) is 1. The summed E-state index contributed by atoms with van der Waals surface area (Å²) >= 11 is 0.